The molecule has 5 rings (SSSR count). The predicted molar refractivity (Wildman–Crippen MR) is 182 cm³/mol. The van der Waals surface area contributed by atoms with Gasteiger partial charge in [0.15, 0.2) is 35.3 Å². The second kappa shape index (κ2) is 14.8. The number of nitrogen functional groups attached to an aromatic ring is 1. The number of aliphatic imine (C=N–C) groups is 1. The Balaban J connectivity index is 1.37. The molecule has 0 bridgehead atoms. The summed E-state index contributed by atoms with van der Waals surface area (Å²) in [7, 11) is 5.58. The molecule has 0 saturated carbocycles. The number of amides is 2. The first-order valence-corrected chi connectivity index (χ1v) is 16.9. The Bertz CT molecular complexity index is 1910. The number of likely N-dealkylation sites (N-methyl/N-ethyl adjacent to an activating group) is 1. The number of thioether (sulfide) groups is 1. The first-order chi connectivity index (χ1) is 23.3. The molecule has 49 heavy (non-hydrogen) atoms. The first kappa shape index (κ1) is 35.5. The number of carbonyl (C=O) groups excluding carboxylic acids is 2. The van der Waals surface area contributed by atoms with E-state index < -0.39 is 47.0 Å². The van der Waals surface area contributed by atoms with Crippen molar-refractivity contribution in [2.24, 2.45) is 10.1 Å². The van der Waals surface area contributed by atoms with Gasteiger partial charge < -0.3 is 40.9 Å². The fraction of sp³-hybridized carbons (Fsp3) is 0.393. The summed E-state index contributed by atoms with van der Waals surface area (Å²) in [4.78, 5) is 71.6. The molecule has 3 aromatic heterocycles. The third-order valence-electron chi connectivity index (χ3n) is 7.32. The number of thiazole rings is 1. The molecule has 1 unspecified atom stereocenters. The van der Waals surface area contributed by atoms with Crippen molar-refractivity contribution in [3.8, 4) is 0 Å². The van der Waals surface area contributed by atoms with Crippen molar-refractivity contribution in [2.75, 3.05) is 39.2 Å². The minimum Gasteiger partial charge on any atom is -0.478 e. The predicted octanol–water partition coefficient (Wildman–Crippen LogP) is 0.0893. The molecule has 5 heterocycles. The van der Waals surface area contributed by atoms with E-state index in [-0.39, 0.29) is 33.2 Å². The Labute approximate surface area is 292 Å². The van der Waals surface area contributed by atoms with Crippen LogP contribution in [0.5, 0.6) is 0 Å². The van der Waals surface area contributed by atoms with Gasteiger partial charge in [-0.3, -0.25) is 14.5 Å². The molecular weight excluding hydrogens is 702 g/mol. The van der Waals surface area contributed by atoms with Crippen LogP contribution < -0.4 is 20.9 Å². The van der Waals surface area contributed by atoms with Crippen molar-refractivity contribution < 1.29 is 38.8 Å². The highest BCUT2D eigenvalue weighted by Gasteiger charge is 2.55. The summed E-state index contributed by atoms with van der Waals surface area (Å²) < 4.78 is 3.77. The van der Waals surface area contributed by atoms with Gasteiger partial charge in [0.05, 0.1) is 11.9 Å². The Morgan fingerprint density at radius 3 is 2.71 bits per heavy atom. The maximum Gasteiger partial charge on any atom is 0.352 e. The molecule has 0 radical (unpaired) electrons. The van der Waals surface area contributed by atoms with Crippen molar-refractivity contribution in [3.63, 3.8) is 0 Å². The Kier molecular flexibility index (Phi) is 10.7. The molecule has 0 aromatic carbocycles. The SMILES string of the molecule is CNCCn1c(N=CN(C)C)nc2c[n+](CC3=C(C(=O)O)N4C(=O)[C@@H](NC(=O)C(=NO[C@@H](C)C(=O)O)c5nc(N)sc5Cl)C4SC3)ccc21. The van der Waals surface area contributed by atoms with Gasteiger partial charge in [0, 0.05) is 44.6 Å². The molecule has 18 nitrogen and oxygen atoms in total. The normalized spacial score (nSPS) is 18.4. The van der Waals surface area contributed by atoms with Gasteiger partial charge >= 0.3 is 11.9 Å². The van der Waals surface area contributed by atoms with Gasteiger partial charge in [-0.15, -0.1) is 11.8 Å². The van der Waals surface area contributed by atoms with Crippen LogP contribution in [0.3, 0.4) is 0 Å². The summed E-state index contributed by atoms with van der Waals surface area (Å²) in [6.45, 7) is 2.69. The number of β-lactam (4-membered cyclic amide) rings is 1. The molecule has 0 aliphatic carbocycles. The standard InChI is InChI=1S/C28H32ClN11O7S2/c1-13(25(43)44)47-36-18(17-21(29)49-27(30)35-17)22(41)34-19-23(42)40-20(26(45)46)14(11-48-24(19)40)9-38-7-5-16-15(10-38)33-28(32-12-37(3)4)39(16)8-6-31-2/h5,7,10,12-13,19,24,31H,6,8-9,11H2,1-4H3,(H4-,30,34,35,41,43,44,45,46)/p+1/t13-,19+,24?/m0/s1. The largest absolute Gasteiger partial charge is 0.478 e. The number of nitrogens with two attached hydrogens (primary N) is 1. The molecule has 1 saturated heterocycles. The van der Waals surface area contributed by atoms with Crippen molar-refractivity contribution in [3.05, 3.63) is 39.8 Å². The quantitative estimate of drug-likeness (QED) is 0.0486. The third-order valence-corrected chi connectivity index (χ3v) is 9.74. The van der Waals surface area contributed by atoms with E-state index in [0.717, 1.165) is 21.8 Å². The Morgan fingerprint density at radius 2 is 2.08 bits per heavy atom. The molecule has 6 N–H and O–H groups in total. The highest BCUT2D eigenvalue weighted by atomic mass is 35.5. The number of halogens is 1. The first-order valence-electron chi connectivity index (χ1n) is 14.6. The van der Waals surface area contributed by atoms with Crippen LogP contribution >= 0.6 is 34.7 Å². The fourth-order valence-corrected chi connectivity index (χ4v) is 7.25. The van der Waals surface area contributed by atoms with E-state index in [1.807, 2.05) is 38.0 Å². The van der Waals surface area contributed by atoms with Gasteiger partial charge in [0.25, 0.3) is 11.8 Å². The number of anilines is 1. The smallest absolute Gasteiger partial charge is 0.352 e. The summed E-state index contributed by atoms with van der Waals surface area (Å²) in [6, 6.07) is 0.756. The maximum absolute atomic E-state index is 13.4. The molecule has 0 spiro atoms. The summed E-state index contributed by atoms with van der Waals surface area (Å²) in [5, 5.41) is 28.0. The van der Waals surface area contributed by atoms with Gasteiger partial charge in [-0.25, -0.2) is 24.5 Å². The van der Waals surface area contributed by atoms with Crippen LogP contribution in [0.4, 0.5) is 11.1 Å². The molecule has 3 atom stereocenters. The Morgan fingerprint density at radius 1 is 1.33 bits per heavy atom. The molecule has 260 valence electrons. The van der Waals surface area contributed by atoms with Gasteiger partial charge in [-0.2, -0.15) is 4.57 Å². The summed E-state index contributed by atoms with van der Waals surface area (Å²) in [5.41, 5.74) is 6.88. The monoisotopic (exact) mass is 734 g/mol. The second-order valence-corrected chi connectivity index (χ2v) is 13.8. The number of nitrogens with zero attached hydrogens (tertiary/aromatic N) is 8. The highest BCUT2D eigenvalue weighted by molar-refractivity contribution is 8.00. The molecule has 3 aromatic rings. The van der Waals surface area contributed by atoms with Crippen molar-refractivity contribution in [1.82, 2.24) is 35.0 Å². The average molecular weight is 735 g/mol. The highest BCUT2D eigenvalue weighted by Crippen LogP contribution is 2.40. The van der Waals surface area contributed by atoms with Crippen LogP contribution in [-0.4, -0.2) is 121 Å². The number of pyridine rings is 1. The number of carbonyl (C=O) groups is 4. The molecule has 2 amide bonds. The van der Waals surface area contributed by atoms with E-state index in [4.69, 9.17) is 27.3 Å². The number of aromatic nitrogens is 4. The van der Waals surface area contributed by atoms with Crippen LogP contribution in [0.15, 0.2) is 39.9 Å². The molecule has 2 aliphatic heterocycles. The lowest BCUT2D eigenvalue weighted by atomic mass is 10.0. The molecular formula is C28H33ClN11O7S2+. The van der Waals surface area contributed by atoms with Crippen LogP contribution in [0.1, 0.15) is 12.6 Å². The summed E-state index contributed by atoms with van der Waals surface area (Å²) >= 11 is 8.32. The van der Waals surface area contributed by atoms with Crippen molar-refractivity contribution in [2.45, 2.75) is 37.5 Å². The van der Waals surface area contributed by atoms with Crippen LogP contribution in [0.2, 0.25) is 4.34 Å². The number of hydrogen-bond acceptors (Lipinski definition) is 13. The van der Waals surface area contributed by atoms with E-state index in [2.05, 4.69) is 30.7 Å². The van der Waals surface area contributed by atoms with Gasteiger partial charge in [-0.05, 0) is 14.0 Å². The van der Waals surface area contributed by atoms with E-state index in [0.29, 0.717) is 30.1 Å². The molecule has 2 aliphatic rings. The minimum absolute atomic E-state index is 0.00902. The number of hydrogen-bond donors (Lipinski definition) is 5. The maximum atomic E-state index is 13.4. The zero-order chi connectivity index (χ0) is 35.6. The van der Waals surface area contributed by atoms with Crippen LogP contribution in [0, 0.1) is 0 Å². The van der Waals surface area contributed by atoms with Crippen LogP contribution in [-0.2, 0) is 37.1 Å². The number of rotatable bonds is 14. The number of oxime groups is 1. The van der Waals surface area contributed by atoms with E-state index >= 15 is 0 Å². The average Bonchev–Trinajstić information content (AvgIpc) is 3.57. The number of aliphatic carboxylic acids is 2. The fourth-order valence-electron chi connectivity index (χ4n) is 4.98. The summed E-state index contributed by atoms with van der Waals surface area (Å²) in [6.07, 6.45) is 3.86. The van der Waals surface area contributed by atoms with Gasteiger partial charge in [0.1, 0.15) is 27.1 Å². The van der Waals surface area contributed by atoms with E-state index in [1.54, 1.807) is 22.0 Å². The summed E-state index contributed by atoms with van der Waals surface area (Å²) in [5.74, 6) is -3.46. The lowest BCUT2D eigenvalue weighted by molar-refractivity contribution is -0.687. The topological polar surface area (TPSA) is 234 Å². The number of imidazole rings is 1. The van der Waals surface area contributed by atoms with Crippen LogP contribution in [0.25, 0.3) is 11.0 Å². The number of carboxylic acids is 2. The van der Waals surface area contributed by atoms with Crippen molar-refractivity contribution >= 4 is 92.6 Å². The second-order valence-electron chi connectivity index (χ2n) is 11.1. The van der Waals surface area contributed by atoms with Gasteiger partial charge in [-0.1, -0.05) is 28.1 Å². The number of fused-ring (bicyclic) bond motifs is 2. The Hall–Kier alpha value is -4.79. The third kappa shape index (κ3) is 7.46. The van der Waals surface area contributed by atoms with E-state index in [9.17, 15) is 24.3 Å². The lowest BCUT2D eigenvalue weighted by Gasteiger charge is -2.49. The lowest BCUT2D eigenvalue weighted by Crippen LogP contribution is -2.71. The minimum atomic E-state index is -1.42. The number of carboxylic acid groups (broad SMARTS) is 2. The number of nitrogens with one attached hydrogen (secondary N) is 2. The molecule has 21 heteroatoms. The van der Waals surface area contributed by atoms with Gasteiger partial charge in [0.2, 0.25) is 12.1 Å². The zero-order valence-electron chi connectivity index (χ0n) is 26.7. The zero-order valence-corrected chi connectivity index (χ0v) is 29.0. The molecule has 1 fully saturated rings. The van der Waals surface area contributed by atoms with E-state index in [1.165, 1.54) is 18.7 Å². The van der Waals surface area contributed by atoms with Crippen molar-refractivity contribution in [1.29, 1.82) is 0 Å².